The Balaban J connectivity index is 2.26. The first-order chi connectivity index (χ1) is 14.1. The van der Waals surface area contributed by atoms with E-state index in [9.17, 15) is 13.2 Å². The predicted molar refractivity (Wildman–Crippen MR) is 117 cm³/mol. The van der Waals surface area contributed by atoms with Gasteiger partial charge in [-0.2, -0.15) is 13.2 Å². The van der Waals surface area contributed by atoms with Crippen LogP contribution in [-0.2, 0) is 4.74 Å². The summed E-state index contributed by atoms with van der Waals surface area (Å²) in [5, 5.41) is 5.56. The van der Waals surface area contributed by atoms with Crippen molar-refractivity contribution >= 4 is 27.4 Å². The lowest BCUT2D eigenvalue weighted by atomic mass is 9.86. The number of aliphatic imine (C=N–C) groups is 1. The molecule has 0 spiro atoms. The lowest BCUT2D eigenvalue weighted by Crippen LogP contribution is -2.47. The van der Waals surface area contributed by atoms with Crippen LogP contribution in [-0.4, -0.2) is 32.2 Å². The first-order valence-electron chi connectivity index (χ1n) is 9.85. The Bertz CT molecular complexity index is 1010. The van der Waals surface area contributed by atoms with E-state index >= 15 is 0 Å². The SMILES string of the molecule is CN=C(O[C@H](c1c2ccccc2cc2ccccc12)C(F)(F)F)[C@H](NC)C(C)(C)C. The summed E-state index contributed by atoms with van der Waals surface area (Å²) in [7, 11) is 3.15. The zero-order chi connectivity index (χ0) is 22.1. The Morgan fingerprint density at radius 2 is 1.43 bits per heavy atom. The zero-order valence-electron chi connectivity index (χ0n) is 17.8. The molecule has 6 heteroatoms. The van der Waals surface area contributed by atoms with Crippen molar-refractivity contribution in [2.24, 2.45) is 10.4 Å². The van der Waals surface area contributed by atoms with Gasteiger partial charge in [-0.05, 0) is 40.1 Å². The molecule has 0 saturated carbocycles. The topological polar surface area (TPSA) is 33.6 Å². The molecule has 30 heavy (non-hydrogen) atoms. The van der Waals surface area contributed by atoms with Crippen molar-refractivity contribution in [3.63, 3.8) is 0 Å². The van der Waals surface area contributed by atoms with Gasteiger partial charge < -0.3 is 10.1 Å². The van der Waals surface area contributed by atoms with Crippen molar-refractivity contribution in [1.82, 2.24) is 5.32 Å². The normalized spacial score (nSPS) is 15.4. The van der Waals surface area contributed by atoms with Crippen molar-refractivity contribution in [3.8, 4) is 0 Å². The third-order valence-corrected chi connectivity index (χ3v) is 5.23. The van der Waals surface area contributed by atoms with E-state index in [4.69, 9.17) is 4.74 Å². The summed E-state index contributed by atoms with van der Waals surface area (Å²) in [4.78, 5) is 4.10. The summed E-state index contributed by atoms with van der Waals surface area (Å²) in [5.41, 5.74) is -0.276. The van der Waals surface area contributed by atoms with Crippen LogP contribution in [0.3, 0.4) is 0 Å². The molecule has 0 unspecified atom stereocenters. The Hall–Kier alpha value is -2.60. The van der Waals surface area contributed by atoms with Crippen molar-refractivity contribution in [2.45, 2.75) is 39.1 Å². The van der Waals surface area contributed by atoms with Crippen LogP contribution in [0.15, 0.2) is 59.6 Å². The number of halogens is 3. The monoisotopic (exact) mass is 416 g/mol. The summed E-state index contributed by atoms with van der Waals surface area (Å²) in [5.74, 6) is 0.0318. The van der Waals surface area contributed by atoms with Crippen LogP contribution in [0.1, 0.15) is 32.4 Å². The van der Waals surface area contributed by atoms with E-state index in [0.717, 1.165) is 10.8 Å². The Morgan fingerprint density at radius 3 is 1.83 bits per heavy atom. The first kappa shape index (κ1) is 22.1. The largest absolute Gasteiger partial charge is 0.462 e. The molecule has 0 radical (unpaired) electrons. The van der Waals surface area contributed by atoms with E-state index < -0.39 is 18.3 Å². The van der Waals surface area contributed by atoms with Crippen molar-refractivity contribution in [1.29, 1.82) is 0 Å². The van der Waals surface area contributed by atoms with E-state index in [2.05, 4.69) is 10.3 Å². The average Bonchev–Trinajstić information content (AvgIpc) is 2.67. The molecule has 3 nitrogen and oxygen atoms in total. The molecular formula is C24H27F3N2O. The van der Waals surface area contributed by atoms with E-state index in [1.807, 2.05) is 51.1 Å². The molecule has 0 aliphatic heterocycles. The molecule has 0 heterocycles. The van der Waals surface area contributed by atoms with Gasteiger partial charge in [-0.1, -0.05) is 69.3 Å². The van der Waals surface area contributed by atoms with Crippen LogP contribution in [0.2, 0.25) is 0 Å². The smallest absolute Gasteiger partial charge is 0.429 e. The summed E-state index contributed by atoms with van der Waals surface area (Å²) >= 11 is 0. The highest BCUT2D eigenvalue weighted by atomic mass is 19.4. The molecule has 0 saturated heterocycles. The van der Waals surface area contributed by atoms with Gasteiger partial charge in [0.1, 0.15) is 0 Å². The minimum atomic E-state index is -4.63. The van der Waals surface area contributed by atoms with E-state index in [1.54, 1.807) is 31.3 Å². The van der Waals surface area contributed by atoms with Crippen LogP contribution in [0.4, 0.5) is 13.2 Å². The highest BCUT2D eigenvalue weighted by molar-refractivity contribution is 6.03. The second kappa shape index (κ2) is 8.26. The fourth-order valence-corrected chi connectivity index (χ4v) is 3.92. The quantitative estimate of drug-likeness (QED) is 0.309. The average molecular weight is 416 g/mol. The van der Waals surface area contributed by atoms with E-state index in [1.165, 1.54) is 7.05 Å². The van der Waals surface area contributed by atoms with Gasteiger partial charge in [0, 0.05) is 12.6 Å². The van der Waals surface area contributed by atoms with Gasteiger partial charge in [-0.15, -0.1) is 0 Å². The highest BCUT2D eigenvalue weighted by Gasteiger charge is 2.46. The standard InChI is InChI=1S/C24H27F3N2O/c1-23(2,3)20(28-4)22(29-5)30-21(24(25,26)27)19-17-12-8-6-10-15(17)14-16-11-7-9-13-18(16)19/h6-14,20-21,28H,1-5H3/t20-,21+/m0/s1. The third kappa shape index (κ3) is 4.29. The van der Waals surface area contributed by atoms with Gasteiger partial charge in [-0.3, -0.25) is 4.99 Å². The maximum atomic E-state index is 14.4. The number of benzene rings is 3. The molecule has 0 aliphatic carbocycles. The number of hydrogen-bond donors (Lipinski definition) is 1. The van der Waals surface area contributed by atoms with Crippen LogP contribution < -0.4 is 5.32 Å². The summed E-state index contributed by atoms with van der Waals surface area (Å²) in [6.07, 6.45) is -6.77. The molecule has 160 valence electrons. The van der Waals surface area contributed by atoms with Crippen LogP contribution in [0.5, 0.6) is 0 Å². The Morgan fingerprint density at radius 1 is 0.933 bits per heavy atom. The van der Waals surface area contributed by atoms with Crippen molar-refractivity contribution in [3.05, 3.63) is 60.2 Å². The molecule has 0 aliphatic rings. The minimum Gasteiger partial charge on any atom is -0.462 e. The van der Waals surface area contributed by atoms with Crippen LogP contribution in [0.25, 0.3) is 21.5 Å². The second-order valence-corrected chi connectivity index (χ2v) is 8.42. The number of alkyl halides is 3. The van der Waals surface area contributed by atoms with E-state index in [-0.39, 0.29) is 16.9 Å². The van der Waals surface area contributed by atoms with Crippen molar-refractivity contribution < 1.29 is 17.9 Å². The number of nitrogens with zero attached hydrogens (tertiary/aromatic N) is 1. The molecule has 0 bridgehead atoms. The number of ether oxygens (including phenoxy) is 1. The summed E-state index contributed by atoms with van der Waals surface area (Å²) in [6, 6.07) is 15.6. The van der Waals surface area contributed by atoms with Crippen LogP contribution in [0, 0.1) is 5.41 Å². The Kier molecular flexibility index (Phi) is 6.09. The number of nitrogens with one attached hydrogen (secondary N) is 1. The fourth-order valence-electron chi connectivity index (χ4n) is 3.92. The number of fused-ring (bicyclic) bond motifs is 2. The number of hydrogen-bond acceptors (Lipinski definition) is 3. The maximum absolute atomic E-state index is 14.4. The van der Waals surface area contributed by atoms with Gasteiger partial charge >= 0.3 is 6.18 Å². The van der Waals surface area contributed by atoms with Gasteiger partial charge in [-0.25, -0.2) is 0 Å². The molecule has 0 amide bonds. The van der Waals surface area contributed by atoms with Gasteiger partial charge in [0.15, 0.2) is 0 Å². The minimum absolute atomic E-state index is 0.0318. The van der Waals surface area contributed by atoms with Crippen molar-refractivity contribution in [2.75, 3.05) is 14.1 Å². The number of rotatable bonds is 4. The first-order valence-corrected chi connectivity index (χ1v) is 9.85. The predicted octanol–water partition coefficient (Wildman–Crippen LogP) is 6.28. The highest BCUT2D eigenvalue weighted by Crippen LogP contribution is 2.43. The molecule has 2 atom stereocenters. The molecule has 3 aromatic carbocycles. The lowest BCUT2D eigenvalue weighted by molar-refractivity contribution is -0.202. The summed E-state index contributed by atoms with van der Waals surface area (Å²) < 4.78 is 49.0. The van der Waals surface area contributed by atoms with Gasteiger partial charge in [0.2, 0.25) is 12.0 Å². The molecular weight excluding hydrogens is 389 g/mol. The Labute approximate surface area is 174 Å². The molecule has 3 rings (SSSR count). The molecule has 3 aromatic rings. The lowest BCUT2D eigenvalue weighted by Gasteiger charge is -2.34. The summed E-state index contributed by atoms with van der Waals surface area (Å²) in [6.45, 7) is 5.79. The van der Waals surface area contributed by atoms with Crippen LogP contribution >= 0.6 is 0 Å². The number of likely N-dealkylation sites (N-methyl/N-ethyl adjacent to an activating group) is 1. The third-order valence-electron chi connectivity index (χ3n) is 5.23. The van der Waals surface area contributed by atoms with Gasteiger partial charge in [0.25, 0.3) is 0 Å². The van der Waals surface area contributed by atoms with Gasteiger partial charge in [0.05, 0.1) is 6.04 Å². The zero-order valence-corrected chi connectivity index (χ0v) is 17.8. The molecule has 1 N–H and O–H groups in total. The second-order valence-electron chi connectivity index (χ2n) is 8.42. The fraction of sp³-hybridized carbons (Fsp3) is 0.375. The molecule has 0 fully saturated rings. The maximum Gasteiger partial charge on any atom is 0.429 e. The van der Waals surface area contributed by atoms with E-state index in [0.29, 0.717) is 10.8 Å². The molecule has 0 aromatic heterocycles.